The number of unbranched alkanes of at least 4 members (excludes halogenated alkanes) is 2. The monoisotopic (exact) mass is 451 g/mol. The molecule has 170 valence electrons. The van der Waals surface area contributed by atoms with E-state index < -0.39 is 6.10 Å². The lowest BCUT2D eigenvalue weighted by atomic mass is 9.89. The molecule has 32 heavy (non-hydrogen) atoms. The molecule has 0 spiro atoms. The van der Waals surface area contributed by atoms with Gasteiger partial charge in [-0.15, -0.1) is 11.3 Å². The molecule has 3 rings (SSSR count). The Bertz CT molecular complexity index is 968. The number of aryl methyl sites for hydroxylation is 1. The van der Waals surface area contributed by atoms with Crippen molar-refractivity contribution in [2.45, 2.75) is 70.8 Å². The maximum absolute atomic E-state index is 11.6. The standard InChI is InChI=1S/C27H33NO3S/c1-4-5-6-10-24(29)19-11-13-21(14-12-19)26-20(15-17-23(26)28-2)8-7-9-22-16-18-25(32-22)27(30)31-3/h11-14,16,18,20,24,29H,4-10,15,17H2,1,3H3. The number of hydrogen-bond acceptors (Lipinski definition) is 4. The summed E-state index contributed by atoms with van der Waals surface area (Å²) in [5, 5.41) is 10.4. The maximum Gasteiger partial charge on any atom is 0.348 e. The summed E-state index contributed by atoms with van der Waals surface area (Å²) in [4.78, 5) is 17.3. The Hall–Kier alpha value is -2.42. The Morgan fingerprint density at radius 3 is 2.69 bits per heavy atom. The molecule has 0 amide bonds. The number of methoxy groups -OCH3 is 1. The van der Waals surface area contributed by atoms with Gasteiger partial charge in [-0.3, -0.25) is 0 Å². The number of ether oxygens (including phenoxy) is 1. The summed E-state index contributed by atoms with van der Waals surface area (Å²) in [6.07, 6.45) is 8.57. The van der Waals surface area contributed by atoms with Gasteiger partial charge in [0, 0.05) is 4.88 Å². The van der Waals surface area contributed by atoms with Crippen LogP contribution in [-0.2, 0) is 11.2 Å². The molecule has 2 aromatic rings. The lowest BCUT2D eigenvalue weighted by Gasteiger charge is -2.17. The van der Waals surface area contributed by atoms with Crippen LogP contribution in [0.15, 0.2) is 42.1 Å². The van der Waals surface area contributed by atoms with Crippen molar-refractivity contribution in [1.29, 1.82) is 0 Å². The molecule has 0 saturated carbocycles. The summed E-state index contributed by atoms with van der Waals surface area (Å²) in [5.41, 5.74) is 4.15. The van der Waals surface area contributed by atoms with Crippen molar-refractivity contribution in [3.05, 3.63) is 74.4 Å². The fraction of sp³-hybridized carbons (Fsp3) is 0.481. The molecule has 1 heterocycles. The molecule has 0 fully saturated rings. The van der Waals surface area contributed by atoms with E-state index in [1.165, 1.54) is 28.9 Å². The molecule has 0 radical (unpaired) electrons. The van der Waals surface area contributed by atoms with Crippen molar-refractivity contribution in [2.24, 2.45) is 5.92 Å². The highest BCUT2D eigenvalue weighted by molar-refractivity contribution is 7.13. The van der Waals surface area contributed by atoms with Gasteiger partial charge in [0.05, 0.1) is 19.8 Å². The van der Waals surface area contributed by atoms with Gasteiger partial charge in [-0.2, -0.15) is 0 Å². The highest BCUT2D eigenvalue weighted by Gasteiger charge is 2.27. The molecular formula is C27H33NO3S. The van der Waals surface area contributed by atoms with Gasteiger partial charge in [0.1, 0.15) is 4.88 Å². The van der Waals surface area contributed by atoms with Crippen molar-refractivity contribution in [3.8, 4) is 0 Å². The molecule has 2 atom stereocenters. The summed E-state index contributed by atoms with van der Waals surface area (Å²) < 4.78 is 4.79. The quantitative estimate of drug-likeness (QED) is 0.223. The number of aliphatic hydroxyl groups is 1. The van der Waals surface area contributed by atoms with E-state index in [0.29, 0.717) is 10.8 Å². The average molecular weight is 452 g/mol. The fourth-order valence-corrected chi connectivity index (χ4v) is 5.48. The zero-order chi connectivity index (χ0) is 22.9. The Morgan fingerprint density at radius 1 is 1.22 bits per heavy atom. The molecule has 1 N–H and O–H groups in total. The molecule has 1 aromatic heterocycles. The zero-order valence-corrected chi connectivity index (χ0v) is 19.9. The number of carbonyl (C=O) groups excluding carboxylic acids is 1. The van der Waals surface area contributed by atoms with E-state index in [4.69, 9.17) is 11.3 Å². The van der Waals surface area contributed by atoms with Crippen LogP contribution >= 0.6 is 11.3 Å². The second-order valence-electron chi connectivity index (χ2n) is 8.49. The smallest absolute Gasteiger partial charge is 0.348 e. The van der Waals surface area contributed by atoms with E-state index in [1.54, 1.807) is 0 Å². The number of nitrogens with zero attached hydrogens (tertiary/aromatic N) is 1. The SMILES string of the molecule is [C-]#[N+]C1=C(c2ccc(C(O)CCCCC)cc2)C(CCCc2ccc(C(=O)OC)s2)CC1. The number of allylic oxidation sites excluding steroid dienone is 2. The largest absolute Gasteiger partial charge is 0.465 e. The van der Waals surface area contributed by atoms with Crippen molar-refractivity contribution in [1.82, 2.24) is 0 Å². The molecule has 0 aliphatic heterocycles. The van der Waals surface area contributed by atoms with Gasteiger partial charge in [-0.25, -0.2) is 9.64 Å². The molecule has 1 aliphatic rings. The lowest BCUT2D eigenvalue weighted by Crippen LogP contribution is -2.02. The van der Waals surface area contributed by atoms with Crippen molar-refractivity contribution in [2.75, 3.05) is 7.11 Å². The van der Waals surface area contributed by atoms with Gasteiger partial charge in [0.15, 0.2) is 5.70 Å². The van der Waals surface area contributed by atoms with Crippen LogP contribution < -0.4 is 0 Å². The van der Waals surface area contributed by atoms with Gasteiger partial charge >= 0.3 is 5.97 Å². The van der Waals surface area contributed by atoms with E-state index in [0.717, 1.165) is 74.6 Å². The fourth-order valence-electron chi connectivity index (χ4n) is 4.52. The second-order valence-corrected chi connectivity index (χ2v) is 9.66. The van der Waals surface area contributed by atoms with Gasteiger partial charge in [0.25, 0.3) is 0 Å². The van der Waals surface area contributed by atoms with Crippen LogP contribution in [0.1, 0.15) is 90.1 Å². The highest BCUT2D eigenvalue weighted by atomic mass is 32.1. The third-order valence-corrected chi connectivity index (χ3v) is 7.42. The number of hydrogen-bond donors (Lipinski definition) is 1. The van der Waals surface area contributed by atoms with Crippen LogP contribution in [0.25, 0.3) is 10.4 Å². The van der Waals surface area contributed by atoms with E-state index in [9.17, 15) is 9.90 Å². The number of benzene rings is 1. The summed E-state index contributed by atoms with van der Waals surface area (Å²) in [7, 11) is 1.41. The zero-order valence-electron chi connectivity index (χ0n) is 19.1. The number of thiophene rings is 1. The predicted molar refractivity (Wildman–Crippen MR) is 130 cm³/mol. The van der Waals surface area contributed by atoms with E-state index in [-0.39, 0.29) is 5.97 Å². The summed E-state index contributed by atoms with van der Waals surface area (Å²) in [5.74, 6) is 0.113. The van der Waals surface area contributed by atoms with Crippen LogP contribution in [0.4, 0.5) is 0 Å². The third-order valence-electron chi connectivity index (χ3n) is 6.30. The van der Waals surface area contributed by atoms with Gasteiger partial charge in [-0.1, -0.05) is 56.9 Å². The second kappa shape index (κ2) is 12.0. The third kappa shape index (κ3) is 6.09. The molecular weight excluding hydrogens is 418 g/mol. The Kier molecular flexibility index (Phi) is 9.08. The molecule has 0 bridgehead atoms. The van der Waals surface area contributed by atoms with Crippen LogP contribution in [0.5, 0.6) is 0 Å². The minimum atomic E-state index is -0.412. The normalized spacial score (nSPS) is 16.8. The summed E-state index contributed by atoms with van der Waals surface area (Å²) >= 11 is 1.50. The van der Waals surface area contributed by atoms with Crippen LogP contribution in [0.2, 0.25) is 0 Å². The average Bonchev–Trinajstić information content (AvgIpc) is 3.46. The highest BCUT2D eigenvalue weighted by Crippen LogP contribution is 2.42. The summed E-state index contributed by atoms with van der Waals surface area (Å²) in [6, 6.07) is 12.1. The number of esters is 1. The first kappa shape index (κ1) is 24.2. The van der Waals surface area contributed by atoms with E-state index >= 15 is 0 Å². The molecule has 4 nitrogen and oxygen atoms in total. The number of rotatable bonds is 11. The Balaban J connectivity index is 1.62. The first-order valence-corrected chi connectivity index (χ1v) is 12.4. The predicted octanol–water partition coefficient (Wildman–Crippen LogP) is 7.21. The van der Waals surface area contributed by atoms with Gasteiger partial charge in [0.2, 0.25) is 0 Å². The van der Waals surface area contributed by atoms with E-state index in [1.807, 2.05) is 24.3 Å². The van der Waals surface area contributed by atoms with E-state index in [2.05, 4.69) is 23.9 Å². The lowest BCUT2D eigenvalue weighted by molar-refractivity contribution is 0.0606. The Labute approximate surface area is 195 Å². The molecule has 0 saturated heterocycles. The first-order chi connectivity index (χ1) is 15.6. The van der Waals surface area contributed by atoms with Crippen molar-refractivity contribution >= 4 is 22.9 Å². The minimum Gasteiger partial charge on any atom is -0.465 e. The Morgan fingerprint density at radius 2 is 2.00 bits per heavy atom. The van der Waals surface area contributed by atoms with Crippen LogP contribution in [0.3, 0.4) is 0 Å². The molecule has 5 heteroatoms. The van der Waals surface area contributed by atoms with Gasteiger partial charge < -0.3 is 9.84 Å². The van der Waals surface area contributed by atoms with Crippen molar-refractivity contribution in [3.63, 3.8) is 0 Å². The van der Waals surface area contributed by atoms with Gasteiger partial charge in [-0.05, 0) is 66.9 Å². The molecule has 2 unspecified atom stereocenters. The topological polar surface area (TPSA) is 50.9 Å². The molecule has 1 aliphatic carbocycles. The first-order valence-electron chi connectivity index (χ1n) is 11.6. The van der Waals surface area contributed by atoms with Crippen LogP contribution in [-0.4, -0.2) is 18.2 Å². The summed E-state index contributed by atoms with van der Waals surface area (Å²) in [6.45, 7) is 9.80. The minimum absolute atomic E-state index is 0.275. The molecule has 1 aromatic carbocycles. The van der Waals surface area contributed by atoms with Crippen molar-refractivity contribution < 1.29 is 14.6 Å². The number of carbonyl (C=O) groups is 1. The van der Waals surface area contributed by atoms with Crippen LogP contribution in [0, 0.1) is 12.5 Å². The number of aliphatic hydroxyl groups excluding tert-OH is 1. The maximum atomic E-state index is 11.6.